The van der Waals surface area contributed by atoms with Crippen molar-refractivity contribution in [3.63, 3.8) is 0 Å². The Morgan fingerprint density at radius 1 is 1.33 bits per heavy atom. The number of imidazole rings is 1. The van der Waals surface area contributed by atoms with Crippen LogP contribution in [-0.2, 0) is 13.1 Å². The fourth-order valence-corrected chi connectivity index (χ4v) is 2.34. The Morgan fingerprint density at radius 2 is 2.11 bits per heavy atom. The summed E-state index contributed by atoms with van der Waals surface area (Å²) in [5, 5.41) is 0. The lowest BCUT2D eigenvalue weighted by Crippen LogP contribution is -2.06. The molecule has 0 fully saturated rings. The van der Waals surface area contributed by atoms with Crippen LogP contribution in [0.25, 0.3) is 11.0 Å². The molecular formula is C15H23N3. The lowest BCUT2D eigenvalue weighted by molar-refractivity contribution is 0.591. The maximum absolute atomic E-state index is 5.70. The van der Waals surface area contributed by atoms with Gasteiger partial charge in [-0.25, -0.2) is 4.98 Å². The number of hydrogen-bond acceptors (Lipinski definition) is 2. The van der Waals surface area contributed by atoms with Crippen LogP contribution in [0.2, 0.25) is 0 Å². The molecule has 0 saturated carbocycles. The molecule has 0 spiro atoms. The van der Waals surface area contributed by atoms with Gasteiger partial charge in [-0.05, 0) is 30.5 Å². The summed E-state index contributed by atoms with van der Waals surface area (Å²) in [5.74, 6) is 1.72. The van der Waals surface area contributed by atoms with Crippen LogP contribution in [0.3, 0.4) is 0 Å². The highest BCUT2D eigenvalue weighted by Crippen LogP contribution is 2.25. The highest BCUT2D eigenvalue weighted by molar-refractivity contribution is 5.77. The molecule has 18 heavy (non-hydrogen) atoms. The number of nitrogens with two attached hydrogens (primary N) is 1. The van der Waals surface area contributed by atoms with E-state index in [1.807, 2.05) is 0 Å². The van der Waals surface area contributed by atoms with E-state index in [0.29, 0.717) is 12.5 Å². The highest BCUT2D eigenvalue weighted by atomic mass is 15.1. The second-order valence-corrected chi connectivity index (χ2v) is 4.96. The first kappa shape index (κ1) is 13.1. The van der Waals surface area contributed by atoms with Crippen LogP contribution in [-0.4, -0.2) is 9.55 Å². The summed E-state index contributed by atoms with van der Waals surface area (Å²) in [6, 6.07) is 6.38. The van der Waals surface area contributed by atoms with Crippen molar-refractivity contribution >= 4 is 11.0 Å². The zero-order valence-electron chi connectivity index (χ0n) is 11.6. The minimum absolute atomic E-state index is 0.505. The van der Waals surface area contributed by atoms with E-state index in [4.69, 9.17) is 10.7 Å². The Morgan fingerprint density at radius 3 is 2.72 bits per heavy atom. The van der Waals surface area contributed by atoms with Gasteiger partial charge in [0.2, 0.25) is 0 Å². The Bertz CT molecular complexity index is 528. The minimum atomic E-state index is 0.505. The van der Waals surface area contributed by atoms with Gasteiger partial charge in [-0.3, -0.25) is 0 Å². The summed E-state index contributed by atoms with van der Waals surface area (Å²) in [7, 11) is 0. The fourth-order valence-electron chi connectivity index (χ4n) is 2.34. The molecule has 1 heterocycles. The molecule has 0 radical (unpaired) electrons. The van der Waals surface area contributed by atoms with Gasteiger partial charge in [0.1, 0.15) is 5.82 Å². The first-order valence-electron chi connectivity index (χ1n) is 6.90. The third kappa shape index (κ3) is 2.27. The van der Waals surface area contributed by atoms with E-state index in [9.17, 15) is 0 Å². The Balaban J connectivity index is 2.58. The molecule has 0 bridgehead atoms. The van der Waals surface area contributed by atoms with Gasteiger partial charge in [-0.2, -0.15) is 0 Å². The van der Waals surface area contributed by atoms with E-state index >= 15 is 0 Å². The largest absolute Gasteiger partial charge is 0.328 e. The molecule has 1 aromatic heterocycles. The van der Waals surface area contributed by atoms with Crippen LogP contribution in [0.4, 0.5) is 0 Å². The summed E-state index contributed by atoms with van der Waals surface area (Å²) in [6.45, 7) is 8.29. The topological polar surface area (TPSA) is 43.8 Å². The van der Waals surface area contributed by atoms with Crippen LogP contribution in [0.15, 0.2) is 18.2 Å². The molecule has 3 heteroatoms. The molecule has 3 nitrogen and oxygen atoms in total. The van der Waals surface area contributed by atoms with E-state index in [-0.39, 0.29) is 0 Å². The Kier molecular flexibility index (Phi) is 4.02. The van der Waals surface area contributed by atoms with Crippen molar-refractivity contribution in [2.75, 3.05) is 0 Å². The Labute approximate surface area is 109 Å². The van der Waals surface area contributed by atoms with Gasteiger partial charge in [-0.15, -0.1) is 0 Å². The standard InChI is InChI=1S/C15H23N3/c1-4-8-18-14-7-6-12(10-16)9-13(14)17-15(18)11(3)5-2/h6-7,9,11H,4-5,8,10,16H2,1-3H3. The average molecular weight is 245 g/mol. The molecule has 2 rings (SSSR count). The summed E-state index contributed by atoms with van der Waals surface area (Å²) in [5.41, 5.74) is 9.17. The van der Waals surface area contributed by atoms with Crippen LogP contribution in [0.1, 0.15) is 50.9 Å². The fraction of sp³-hybridized carbons (Fsp3) is 0.533. The summed E-state index contributed by atoms with van der Waals surface area (Å²) < 4.78 is 2.36. The predicted octanol–water partition coefficient (Wildman–Crippen LogP) is 3.42. The first-order valence-corrected chi connectivity index (χ1v) is 6.90. The van der Waals surface area contributed by atoms with Crippen LogP contribution >= 0.6 is 0 Å². The number of benzene rings is 1. The van der Waals surface area contributed by atoms with Crippen molar-refractivity contribution < 1.29 is 0 Å². The summed E-state index contributed by atoms with van der Waals surface area (Å²) in [4.78, 5) is 4.82. The molecule has 0 saturated heterocycles. The third-order valence-corrected chi connectivity index (χ3v) is 3.58. The highest BCUT2D eigenvalue weighted by Gasteiger charge is 2.14. The quantitative estimate of drug-likeness (QED) is 0.877. The maximum Gasteiger partial charge on any atom is 0.112 e. The molecule has 2 aromatic rings. The zero-order valence-corrected chi connectivity index (χ0v) is 11.6. The van der Waals surface area contributed by atoms with E-state index in [1.54, 1.807) is 0 Å². The van der Waals surface area contributed by atoms with Gasteiger partial charge in [-0.1, -0.05) is 26.8 Å². The molecule has 0 aliphatic heterocycles. The molecule has 1 atom stereocenters. The number of nitrogens with zero attached hydrogens (tertiary/aromatic N) is 2. The van der Waals surface area contributed by atoms with Gasteiger partial charge >= 0.3 is 0 Å². The van der Waals surface area contributed by atoms with E-state index in [0.717, 1.165) is 30.5 Å². The van der Waals surface area contributed by atoms with Crippen molar-refractivity contribution in [1.29, 1.82) is 0 Å². The minimum Gasteiger partial charge on any atom is -0.328 e. The number of rotatable bonds is 5. The molecule has 1 unspecified atom stereocenters. The van der Waals surface area contributed by atoms with E-state index in [2.05, 4.69) is 43.5 Å². The lowest BCUT2D eigenvalue weighted by atomic mass is 10.1. The monoisotopic (exact) mass is 245 g/mol. The zero-order chi connectivity index (χ0) is 13.1. The number of aryl methyl sites for hydroxylation is 1. The van der Waals surface area contributed by atoms with Gasteiger partial charge in [0.15, 0.2) is 0 Å². The third-order valence-electron chi connectivity index (χ3n) is 3.58. The van der Waals surface area contributed by atoms with Crippen LogP contribution in [0, 0.1) is 0 Å². The Hall–Kier alpha value is -1.35. The van der Waals surface area contributed by atoms with Crippen molar-refractivity contribution in [3.8, 4) is 0 Å². The maximum atomic E-state index is 5.70. The van der Waals surface area contributed by atoms with Crippen molar-refractivity contribution in [1.82, 2.24) is 9.55 Å². The van der Waals surface area contributed by atoms with Gasteiger partial charge in [0, 0.05) is 19.0 Å². The number of aromatic nitrogens is 2. The van der Waals surface area contributed by atoms with E-state index < -0.39 is 0 Å². The molecule has 0 aliphatic rings. The predicted molar refractivity (Wildman–Crippen MR) is 76.6 cm³/mol. The van der Waals surface area contributed by atoms with E-state index in [1.165, 1.54) is 11.3 Å². The number of fused-ring (bicyclic) bond motifs is 1. The second-order valence-electron chi connectivity index (χ2n) is 4.96. The van der Waals surface area contributed by atoms with Crippen molar-refractivity contribution in [3.05, 3.63) is 29.6 Å². The average Bonchev–Trinajstić information content (AvgIpc) is 2.76. The van der Waals surface area contributed by atoms with Crippen molar-refractivity contribution in [2.45, 2.75) is 52.6 Å². The normalized spacial score (nSPS) is 13.1. The molecule has 1 aromatic carbocycles. The molecule has 2 N–H and O–H groups in total. The number of hydrogen-bond donors (Lipinski definition) is 1. The SMILES string of the molecule is CCCn1c(C(C)CC)nc2cc(CN)ccc21. The molecule has 98 valence electrons. The van der Waals surface area contributed by atoms with Gasteiger partial charge < -0.3 is 10.3 Å². The van der Waals surface area contributed by atoms with Crippen molar-refractivity contribution in [2.24, 2.45) is 5.73 Å². The molecule has 0 amide bonds. The molecule has 0 aliphatic carbocycles. The van der Waals surface area contributed by atoms with Gasteiger partial charge in [0.25, 0.3) is 0 Å². The summed E-state index contributed by atoms with van der Waals surface area (Å²) >= 11 is 0. The first-order chi connectivity index (χ1) is 8.71. The van der Waals surface area contributed by atoms with Crippen LogP contribution < -0.4 is 5.73 Å². The molecular weight excluding hydrogens is 222 g/mol. The second kappa shape index (κ2) is 5.53. The lowest BCUT2D eigenvalue weighted by Gasteiger charge is -2.12. The van der Waals surface area contributed by atoms with Gasteiger partial charge in [0.05, 0.1) is 11.0 Å². The summed E-state index contributed by atoms with van der Waals surface area (Å²) in [6.07, 6.45) is 2.25. The van der Waals surface area contributed by atoms with Crippen LogP contribution in [0.5, 0.6) is 0 Å². The smallest absolute Gasteiger partial charge is 0.112 e.